The summed E-state index contributed by atoms with van der Waals surface area (Å²) < 4.78 is 0. The predicted molar refractivity (Wildman–Crippen MR) is 106 cm³/mol. The molecule has 3 aromatic carbocycles. The lowest BCUT2D eigenvalue weighted by Crippen LogP contribution is -2.09. The minimum atomic E-state index is 0.790. The van der Waals surface area contributed by atoms with Crippen molar-refractivity contribution in [1.29, 1.82) is 0 Å². The van der Waals surface area contributed by atoms with Gasteiger partial charge in [0, 0.05) is 17.1 Å². The van der Waals surface area contributed by atoms with Crippen LogP contribution in [0, 0.1) is 13.8 Å². The van der Waals surface area contributed by atoms with Crippen molar-refractivity contribution in [2.24, 2.45) is 0 Å². The molecule has 0 aliphatic heterocycles. The summed E-state index contributed by atoms with van der Waals surface area (Å²) in [5, 5.41) is 0. The Hall–Kier alpha value is -3.13. The van der Waals surface area contributed by atoms with Crippen LogP contribution in [0.15, 0.2) is 78.9 Å². The third-order valence-corrected chi connectivity index (χ3v) is 4.10. The van der Waals surface area contributed by atoms with Crippen LogP contribution in [0.4, 0.5) is 17.1 Å². The van der Waals surface area contributed by atoms with Gasteiger partial charge in [-0.05, 0) is 61.9 Å². The lowest BCUT2D eigenvalue weighted by atomic mass is 10.1. The van der Waals surface area contributed by atoms with Crippen molar-refractivity contribution >= 4 is 29.4 Å². The molecule has 0 fully saturated rings. The Morgan fingerprint density at radius 3 is 1.44 bits per heavy atom. The van der Waals surface area contributed by atoms with Gasteiger partial charge in [-0.1, -0.05) is 53.6 Å². The van der Waals surface area contributed by atoms with Gasteiger partial charge in [0.25, 0.3) is 0 Å². The molecule has 2 heteroatoms. The van der Waals surface area contributed by atoms with E-state index in [1.165, 1.54) is 17.2 Å². The number of aryl methyl sites for hydroxylation is 2. The predicted octanol–water partition coefficient (Wildman–Crippen LogP) is 5.99. The highest BCUT2D eigenvalue weighted by Crippen LogP contribution is 2.34. The molecule has 0 atom stereocenters. The van der Waals surface area contributed by atoms with E-state index in [1.54, 1.807) is 6.08 Å². The topological polar surface area (TPSA) is 20.3 Å². The molecule has 3 rings (SSSR count). The number of carbonyl (C=O) groups is 1. The van der Waals surface area contributed by atoms with Crippen molar-refractivity contribution in [3.8, 4) is 0 Å². The Morgan fingerprint density at radius 1 is 0.640 bits per heavy atom. The van der Waals surface area contributed by atoms with E-state index in [9.17, 15) is 4.79 Å². The first-order chi connectivity index (χ1) is 12.2. The maximum absolute atomic E-state index is 10.5. The molecule has 0 aromatic heterocycles. The second-order valence-electron chi connectivity index (χ2n) is 6.09. The van der Waals surface area contributed by atoms with Crippen molar-refractivity contribution in [3.63, 3.8) is 0 Å². The second kappa shape index (κ2) is 7.63. The average molecular weight is 327 g/mol. The largest absolute Gasteiger partial charge is 0.311 e. The van der Waals surface area contributed by atoms with E-state index in [0.717, 1.165) is 28.9 Å². The Morgan fingerprint density at radius 2 is 1.04 bits per heavy atom. The fraction of sp³-hybridized carbons (Fsp3) is 0.0870. The number of hydrogen-bond donors (Lipinski definition) is 0. The first-order valence-electron chi connectivity index (χ1n) is 8.33. The van der Waals surface area contributed by atoms with Gasteiger partial charge in [-0.15, -0.1) is 0 Å². The van der Waals surface area contributed by atoms with Crippen LogP contribution in [0.1, 0.15) is 16.7 Å². The summed E-state index contributed by atoms with van der Waals surface area (Å²) in [4.78, 5) is 12.7. The molecule has 0 saturated carbocycles. The van der Waals surface area contributed by atoms with Crippen LogP contribution in [-0.2, 0) is 4.79 Å². The molecule has 0 aliphatic rings. The van der Waals surface area contributed by atoms with Crippen molar-refractivity contribution < 1.29 is 4.79 Å². The van der Waals surface area contributed by atoms with Crippen LogP contribution >= 0.6 is 0 Å². The highest BCUT2D eigenvalue weighted by Gasteiger charge is 2.11. The van der Waals surface area contributed by atoms with Gasteiger partial charge < -0.3 is 4.90 Å². The van der Waals surface area contributed by atoms with Crippen molar-refractivity contribution in [2.45, 2.75) is 13.8 Å². The second-order valence-corrected chi connectivity index (χ2v) is 6.09. The highest BCUT2D eigenvalue weighted by molar-refractivity contribution is 5.78. The zero-order chi connectivity index (χ0) is 17.6. The lowest BCUT2D eigenvalue weighted by Gasteiger charge is -2.25. The number of nitrogens with zero attached hydrogens (tertiary/aromatic N) is 1. The third kappa shape index (κ3) is 4.04. The zero-order valence-corrected chi connectivity index (χ0v) is 14.5. The summed E-state index contributed by atoms with van der Waals surface area (Å²) in [6, 6.07) is 25.2. The van der Waals surface area contributed by atoms with Gasteiger partial charge in [-0.3, -0.25) is 4.79 Å². The lowest BCUT2D eigenvalue weighted by molar-refractivity contribution is -0.104. The number of aldehydes is 1. The van der Waals surface area contributed by atoms with E-state index in [1.807, 2.05) is 12.1 Å². The number of benzene rings is 3. The summed E-state index contributed by atoms with van der Waals surface area (Å²) >= 11 is 0. The summed E-state index contributed by atoms with van der Waals surface area (Å²) in [6.07, 6.45) is 4.10. The minimum absolute atomic E-state index is 0.790. The Kier molecular flexibility index (Phi) is 5.10. The Bertz CT molecular complexity index is 814. The summed E-state index contributed by atoms with van der Waals surface area (Å²) in [5.74, 6) is 0. The van der Waals surface area contributed by atoms with Crippen molar-refractivity contribution in [3.05, 3.63) is 95.6 Å². The van der Waals surface area contributed by atoms with Gasteiger partial charge >= 0.3 is 0 Å². The minimum Gasteiger partial charge on any atom is -0.311 e. The molecule has 0 amide bonds. The van der Waals surface area contributed by atoms with E-state index in [4.69, 9.17) is 0 Å². The van der Waals surface area contributed by atoms with Gasteiger partial charge in [0.1, 0.15) is 6.29 Å². The molecule has 0 aliphatic carbocycles. The maximum Gasteiger partial charge on any atom is 0.142 e. The summed E-state index contributed by atoms with van der Waals surface area (Å²) in [6.45, 7) is 4.18. The van der Waals surface area contributed by atoms with Crippen LogP contribution in [0.5, 0.6) is 0 Å². The zero-order valence-electron chi connectivity index (χ0n) is 14.5. The van der Waals surface area contributed by atoms with E-state index in [0.29, 0.717) is 0 Å². The van der Waals surface area contributed by atoms with Gasteiger partial charge in [0.05, 0.1) is 0 Å². The summed E-state index contributed by atoms with van der Waals surface area (Å²) in [5.41, 5.74) is 6.79. The fourth-order valence-corrected chi connectivity index (χ4v) is 2.72. The van der Waals surface area contributed by atoms with Crippen molar-refractivity contribution in [1.82, 2.24) is 0 Å². The first kappa shape index (κ1) is 16.7. The molecule has 0 spiro atoms. The monoisotopic (exact) mass is 327 g/mol. The molecule has 2 nitrogen and oxygen atoms in total. The molecule has 0 bridgehead atoms. The molecule has 0 N–H and O–H groups in total. The normalized spacial score (nSPS) is 10.8. The van der Waals surface area contributed by atoms with Crippen LogP contribution in [0.2, 0.25) is 0 Å². The van der Waals surface area contributed by atoms with E-state index >= 15 is 0 Å². The number of rotatable bonds is 5. The molecule has 124 valence electrons. The maximum atomic E-state index is 10.5. The van der Waals surface area contributed by atoms with Crippen molar-refractivity contribution in [2.75, 3.05) is 4.90 Å². The standard InChI is InChI=1S/C23H21NO/c1-18-5-11-21(12-6-18)24(22-13-7-19(2)8-14-22)23-15-9-20(10-16-23)4-3-17-25/h3-17H,1-2H3. The Labute approximate surface area is 149 Å². The molecule has 3 aromatic rings. The third-order valence-electron chi connectivity index (χ3n) is 4.10. The average Bonchev–Trinajstić information content (AvgIpc) is 2.64. The van der Waals surface area contributed by atoms with Gasteiger partial charge in [-0.2, -0.15) is 0 Å². The van der Waals surface area contributed by atoms with E-state index < -0.39 is 0 Å². The van der Waals surface area contributed by atoms with Crippen LogP contribution in [0.25, 0.3) is 6.08 Å². The number of anilines is 3. The number of hydrogen-bond acceptors (Lipinski definition) is 2. The van der Waals surface area contributed by atoms with Crippen LogP contribution in [0.3, 0.4) is 0 Å². The number of carbonyl (C=O) groups excluding carboxylic acids is 1. The molecular weight excluding hydrogens is 306 g/mol. The van der Waals surface area contributed by atoms with Gasteiger partial charge in [-0.25, -0.2) is 0 Å². The Balaban J connectivity index is 2.04. The van der Waals surface area contributed by atoms with Crippen LogP contribution in [-0.4, -0.2) is 6.29 Å². The first-order valence-corrected chi connectivity index (χ1v) is 8.33. The van der Waals surface area contributed by atoms with E-state index in [-0.39, 0.29) is 0 Å². The summed E-state index contributed by atoms with van der Waals surface area (Å²) in [7, 11) is 0. The molecular formula is C23H21NO. The molecule has 0 saturated heterocycles. The molecule has 0 heterocycles. The highest BCUT2D eigenvalue weighted by atomic mass is 16.1. The SMILES string of the molecule is Cc1ccc(N(c2ccc(C)cc2)c2ccc(C=CC=O)cc2)cc1. The number of allylic oxidation sites excluding steroid dienone is 1. The molecule has 0 radical (unpaired) electrons. The van der Waals surface area contributed by atoms with Gasteiger partial charge in [0.15, 0.2) is 0 Å². The molecule has 0 unspecified atom stereocenters. The smallest absolute Gasteiger partial charge is 0.142 e. The van der Waals surface area contributed by atoms with Crippen LogP contribution < -0.4 is 4.90 Å². The van der Waals surface area contributed by atoms with Gasteiger partial charge in [0.2, 0.25) is 0 Å². The molecule has 25 heavy (non-hydrogen) atoms. The fourth-order valence-electron chi connectivity index (χ4n) is 2.72. The van der Waals surface area contributed by atoms with E-state index in [2.05, 4.69) is 79.4 Å². The quantitative estimate of drug-likeness (QED) is 0.424.